The second-order valence-electron chi connectivity index (χ2n) is 11.4. The van der Waals surface area contributed by atoms with Gasteiger partial charge in [0.15, 0.2) is 9.84 Å². The number of carbonyl (C=O) groups excluding carboxylic acids is 2. The number of benzene rings is 3. The Morgan fingerprint density at radius 3 is 2.52 bits per heavy atom. The first kappa shape index (κ1) is 31.1. The van der Waals surface area contributed by atoms with E-state index in [2.05, 4.69) is 15.6 Å². The largest absolute Gasteiger partial charge is 0.496 e. The van der Waals surface area contributed by atoms with Gasteiger partial charge in [0, 0.05) is 49.2 Å². The highest BCUT2D eigenvalue weighted by Gasteiger charge is 2.38. The van der Waals surface area contributed by atoms with Crippen molar-refractivity contribution in [1.29, 1.82) is 0 Å². The maximum atomic E-state index is 14.3. The van der Waals surface area contributed by atoms with Crippen molar-refractivity contribution in [2.75, 3.05) is 38.5 Å². The Morgan fingerprint density at radius 1 is 0.978 bits per heavy atom. The van der Waals surface area contributed by atoms with Crippen LogP contribution in [0.1, 0.15) is 41.7 Å². The van der Waals surface area contributed by atoms with E-state index in [0.29, 0.717) is 52.0 Å². The van der Waals surface area contributed by atoms with Crippen LogP contribution in [0, 0.1) is 0 Å². The lowest BCUT2D eigenvalue weighted by Gasteiger charge is -2.28. The lowest BCUT2D eigenvalue weighted by molar-refractivity contribution is -0.131. The van der Waals surface area contributed by atoms with Crippen molar-refractivity contribution < 1.29 is 32.2 Å². The van der Waals surface area contributed by atoms with Gasteiger partial charge in [0.25, 0.3) is 5.56 Å². The Bertz CT molecular complexity index is 1990. The van der Waals surface area contributed by atoms with Crippen molar-refractivity contribution in [1.82, 2.24) is 9.88 Å². The second kappa shape index (κ2) is 12.5. The number of sulfone groups is 1. The molecule has 4 aromatic rings. The number of carbonyl (C=O) groups is 2. The van der Waals surface area contributed by atoms with Crippen molar-refractivity contribution >= 4 is 44.0 Å². The van der Waals surface area contributed by atoms with Crippen molar-refractivity contribution in [2.24, 2.45) is 0 Å². The molecular weight excluding hydrogens is 612 g/mol. The first-order valence-corrected chi connectivity index (χ1v) is 16.3. The highest BCUT2D eigenvalue weighted by Crippen LogP contribution is 2.37. The molecule has 0 saturated heterocycles. The van der Waals surface area contributed by atoms with Crippen molar-refractivity contribution in [3.8, 4) is 5.75 Å². The fraction of sp³-hybridized carbons (Fsp3) is 0.303. The number of pyridine rings is 1. The molecule has 3 heterocycles. The van der Waals surface area contributed by atoms with Crippen molar-refractivity contribution in [3.05, 3.63) is 93.9 Å². The van der Waals surface area contributed by atoms with Crippen LogP contribution >= 0.6 is 0 Å². The third kappa shape index (κ3) is 6.15. The summed E-state index contributed by atoms with van der Waals surface area (Å²) in [6.45, 7) is -0.213. The molecule has 3 aromatic carbocycles. The topological polar surface area (TPSA) is 156 Å². The normalized spacial score (nSPS) is 19.1. The molecule has 46 heavy (non-hydrogen) atoms. The highest BCUT2D eigenvalue weighted by atomic mass is 32.2. The van der Waals surface area contributed by atoms with E-state index in [1.165, 1.54) is 31.3 Å². The SMILES string of the molecule is COc1cc2ccc1[C@@H](OC)COC(=O)Nc1ccc(S(=O)(=O)C3CC3)c(c1)CN(C)C(=O)[C@@H]2Nc1ccc2cc[nH]c(=O)c2c1. The van der Waals surface area contributed by atoms with E-state index in [4.69, 9.17) is 14.2 Å². The number of rotatable bonds is 6. The number of hydrogen-bond acceptors (Lipinski definition) is 9. The molecule has 3 aliphatic rings. The summed E-state index contributed by atoms with van der Waals surface area (Å²) >= 11 is 0. The predicted octanol–water partition coefficient (Wildman–Crippen LogP) is 4.53. The molecule has 2 atom stereocenters. The molecule has 4 bridgehead atoms. The molecule has 2 aliphatic heterocycles. The smallest absolute Gasteiger partial charge is 0.411 e. The molecule has 1 fully saturated rings. The van der Waals surface area contributed by atoms with Crippen molar-refractivity contribution in [3.63, 3.8) is 0 Å². The molecule has 1 aromatic heterocycles. The Kier molecular flexibility index (Phi) is 8.45. The van der Waals surface area contributed by atoms with Gasteiger partial charge in [-0.05, 0) is 71.8 Å². The summed E-state index contributed by atoms with van der Waals surface area (Å²) in [5, 5.41) is 6.66. The molecule has 0 radical (unpaired) electrons. The van der Waals surface area contributed by atoms with Gasteiger partial charge in [-0.1, -0.05) is 18.2 Å². The van der Waals surface area contributed by atoms with Gasteiger partial charge >= 0.3 is 6.09 Å². The van der Waals surface area contributed by atoms with E-state index in [1.807, 2.05) is 0 Å². The molecule has 3 N–H and O–H groups in total. The number of nitrogens with zero attached hydrogens (tertiary/aromatic N) is 1. The van der Waals surface area contributed by atoms with Gasteiger partial charge in [0.1, 0.15) is 24.5 Å². The predicted molar refractivity (Wildman–Crippen MR) is 172 cm³/mol. The Morgan fingerprint density at radius 2 is 1.78 bits per heavy atom. The van der Waals surface area contributed by atoms with Crippen molar-refractivity contribution in [2.45, 2.75) is 41.7 Å². The number of ether oxygens (including phenoxy) is 3. The summed E-state index contributed by atoms with van der Waals surface area (Å²) in [4.78, 5) is 43.8. The van der Waals surface area contributed by atoms with Gasteiger partial charge < -0.3 is 29.4 Å². The van der Waals surface area contributed by atoms with Crippen LogP contribution in [0.4, 0.5) is 16.2 Å². The highest BCUT2D eigenvalue weighted by molar-refractivity contribution is 7.92. The molecule has 1 aliphatic carbocycles. The number of fused-ring (bicyclic) bond motifs is 10. The molecule has 0 unspecified atom stereocenters. The van der Waals surface area contributed by atoms with E-state index in [9.17, 15) is 22.8 Å². The van der Waals surface area contributed by atoms with E-state index < -0.39 is 33.3 Å². The maximum absolute atomic E-state index is 14.3. The fourth-order valence-electron chi connectivity index (χ4n) is 5.66. The zero-order valence-corrected chi connectivity index (χ0v) is 26.3. The molecule has 7 rings (SSSR count). The number of anilines is 2. The summed E-state index contributed by atoms with van der Waals surface area (Å²) in [7, 11) is 0.906. The lowest BCUT2D eigenvalue weighted by atomic mass is 9.99. The molecule has 13 heteroatoms. The number of likely N-dealkylation sites (N-methyl/N-ethyl adjacent to an activating group) is 1. The molecule has 0 spiro atoms. The third-order valence-electron chi connectivity index (χ3n) is 8.28. The van der Waals surface area contributed by atoms with Crippen LogP contribution in [0.2, 0.25) is 0 Å². The number of hydrogen-bond donors (Lipinski definition) is 3. The number of methoxy groups -OCH3 is 2. The Balaban J connectivity index is 1.46. The summed E-state index contributed by atoms with van der Waals surface area (Å²) in [6.07, 6.45) is 1.27. The van der Waals surface area contributed by atoms with Gasteiger partial charge in [-0.2, -0.15) is 0 Å². The average molecular weight is 647 g/mol. The summed E-state index contributed by atoms with van der Waals surface area (Å²) in [5.41, 5.74) is 2.07. The Hall–Kier alpha value is -4.88. The van der Waals surface area contributed by atoms with Crippen LogP contribution in [-0.4, -0.2) is 63.4 Å². The fourth-order valence-corrected chi connectivity index (χ4v) is 7.52. The monoisotopic (exact) mass is 646 g/mol. The number of nitrogens with one attached hydrogen (secondary N) is 3. The minimum Gasteiger partial charge on any atom is -0.496 e. The second-order valence-corrected chi connectivity index (χ2v) is 13.6. The van der Waals surface area contributed by atoms with E-state index in [0.717, 1.165) is 5.39 Å². The van der Waals surface area contributed by atoms with Gasteiger partial charge in [0.05, 0.1) is 17.3 Å². The van der Waals surface area contributed by atoms with Gasteiger partial charge in [-0.15, -0.1) is 0 Å². The molecule has 1 saturated carbocycles. The summed E-state index contributed by atoms with van der Waals surface area (Å²) < 4.78 is 43.6. The van der Waals surface area contributed by atoms with Crippen LogP contribution in [-0.2, 0) is 30.7 Å². The molecule has 12 nitrogen and oxygen atoms in total. The van der Waals surface area contributed by atoms with Crippen LogP contribution in [0.25, 0.3) is 10.8 Å². The molecular formula is C33H34N4O8S. The standard InChI is InChI=1S/C33H34N4O8S/c1-37-17-21-14-22(7-11-29(21)46(41,42)24-8-9-24)36-33(40)45-18-28(44-3)25-10-5-20(15-27(25)43-2)30(32(37)39)35-23-6-4-19-12-13-34-31(38)26(19)16-23/h4-7,10-16,24,28,30,35H,8-9,17-18H2,1-3H3,(H,34,38)(H,36,40)/t28-,30+/m0/s1. The van der Waals surface area contributed by atoms with Gasteiger partial charge in [0.2, 0.25) is 5.91 Å². The van der Waals surface area contributed by atoms with Crippen LogP contribution < -0.4 is 20.9 Å². The average Bonchev–Trinajstić information content (AvgIpc) is 3.90. The Labute approximate surface area is 265 Å². The zero-order chi connectivity index (χ0) is 32.6. The number of aromatic amines is 1. The number of aromatic nitrogens is 1. The minimum absolute atomic E-state index is 0.0682. The lowest BCUT2D eigenvalue weighted by Crippen LogP contribution is -2.35. The van der Waals surface area contributed by atoms with E-state index in [-0.39, 0.29) is 29.5 Å². The van der Waals surface area contributed by atoms with Gasteiger partial charge in [-0.25, -0.2) is 13.2 Å². The van der Waals surface area contributed by atoms with E-state index >= 15 is 0 Å². The zero-order valence-electron chi connectivity index (χ0n) is 25.5. The number of H-pyrrole nitrogens is 1. The number of amides is 2. The maximum Gasteiger partial charge on any atom is 0.411 e. The quantitative estimate of drug-likeness (QED) is 0.274. The minimum atomic E-state index is -3.64. The van der Waals surface area contributed by atoms with Crippen LogP contribution in [0.5, 0.6) is 5.75 Å². The summed E-state index contributed by atoms with van der Waals surface area (Å²) in [5.74, 6) is 0.0282. The first-order chi connectivity index (χ1) is 22.1. The molecule has 2 amide bonds. The summed E-state index contributed by atoms with van der Waals surface area (Å²) in [6, 6.07) is 15.8. The van der Waals surface area contributed by atoms with Crippen LogP contribution in [0.3, 0.4) is 0 Å². The van der Waals surface area contributed by atoms with E-state index in [1.54, 1.807) is 61.8 Å². The van der Waals surface area contributed by atoms with Gasteiger partial charge in [-0.3, -0.25) is 14.9 Å². The van der Waals surface area contributed by atoms with Crippen LogP contribution in [0.15, 0.2) is 76.6 Å². The third-order valence-corrected chi connectivity index (χ3v) is 10.6. The molecule has 240 valence electrons. The first-order valence-electron chi connectivity index (χ1n) is 14.7.